The summed E-state index contributed by atoms with van der Waals surface area (Å²) in [7, 11) is -8.71. The van der Waals surface area contributed by atoms with Crippen LogP contribution in [0.2, 0.25) is 0 Å². The van der Waals surface area contributed by atoms with Gasteiger partial charge in [0.1, 0.15) is 4.90 Å². The number of hydrogen-bond donors (Lipinski definition) is 2. The van der Waals surface area contributed by atoms with Gasteiger partial charge in [0.2, 0.25) is 0 Å². The van der Waals surface area contributed by atoms with Crippen molar-refractivity contribution in [1.82, 2.24) is 0 Å². The van der Waals surface area contributed by atoms with Gasteiger partial charge in [0.05, 0.1) is 0 Å². The molecule has 6 nitrogen and oxygen atoms in total. The van der Waals surface area contributed by atoms with E-state index in [9.17, 15) is 13.0 Å². The molecule has 0 radical (unpaired) electrons. The molecule has 0 aliphatic carbocycles. The summed E-state index contributed by atoms with van der Waals surface area (Å²) >= 11 is 1.22. The van der Waals surface area contributed by atoms with Gasteiger partial charge in [0.15, 0.2) is 6.35 Å². The molecular weight excluding hydrogens is 299 g/mol. The average Bonchev–Trinajstić information content (AvgIpc) is 2.25. The minimum Gasteiger partial charge on any atom is -0.323 e. The Bertz CT molecular complexity index is 577. The van der Waals surface area contributed by atoms with Crippen LogP contribution in [0.15, 0.2) is 28.0 Å². The van der Waals surface area contributed by atoms with Crippen molar-refractivity contribution in [1.29, 1.82) is 0 Å². The second-order valence-electron chi connectivity index (χ2n) is 3.47. The van der Waals surface area contributed by atoms with Crippen LogP contribution in [0.5, 0.6) is 0 Å². The third-order valence-corrected chi connectivity index (χ3v) is 5.04. The van der Waals surface area contributed by atoms with Crippen molar-refractivity contribution < 1.29 is 27.0 Å². The number of hydrogen-bond acceptors (Lipinski definition) is 5. The second kappa shape index (κ2) is 5.73. The third-order valence-electron chi connectivity index (χ3n) is 2.02. The first kappa shape index (κ1) is 15.7. The van der Waals surface area contributed by atoms with Gasteiger partial charge < -0.3 is 9.79 Å². The van der Waals surface area contributed by atoms with Crippen molar-refractivity contribution >= 4 is 29.5 Å². The molecule has 1 rings (SSSR count). The smallest absolute Gasteiger partial charge is 0.323 e. The van der Waals surface area contributed by atoms with Crippen molar-refractivity contribution in [3.63, 3.8) is 0 Å². The fourth-order valence-electron chi connectivity index (χ4n) is 1.30. The predicted octanol–water partition coefficient (Wildman–Crippen LogP) is 1.56. The van der Waals surface area contributed by atoms with E-state index in [4.69, 9.17) is 9.79 Å². The topological polar surface area (TPSA) is 101 Å². The molecule has 0 saturated heterocycles. The molecule has 1 aromatic rings. The monoisotopic (exact) mass is 312 g/mol. The van der Waals surface area contributed by atoms with Crippen LogP contribution >= 0.6 is 19.4 Å². The highest BCUT2D eigenvalue weighted by molar-refractivity contribution is 7.99. The van der Waals surface area contributed by atoms with E-state index >= 15 is 0 Å². The zero-order valence-corrected chi connectivity index (χ0v) is 12.3. The van der Waals surface area contributed by atoms with E-state index in [0.717, 1.165) is 0 Å². The Hall–Kier alpha value is -0.370. The van der Waals surface area contributed by atoms with Crippen LogP contribution in [0.4, 0.5) is 0 Å². The molecule has 102 valence electrons. The van der Waals surface area contributed by atoms with Crippen molar-refractivity contribution in [3.8, 4) is 0 Å². The minimum absolute atomic E-state index is 0.0500. The van der Waals surface area contributed by atoms with Crippen molar-refractivity contribution in [2.75, 3.05) is 12.6 Å². The van der Waals surface area contributed by atoms with Crippen molar-refractivity contribution in [2.24, 2.45) is 0 Å². The summed E-state index contributed by atoms with van der Waals surface area (Å²) < 4.78 is 38.8. The van der Waals surface area contributed by atoms with E-state index in [1.165, 1.54) is 11.8 Å². The summed E-state index contributed by atoms with van der Waals surface area (Å²) in [6.07, 6.45) is 0.550. The molecule has 0 bridgehead atoms. The van der Waals surface area contributed by atoms with Gasteiger partial charge in [0.25, 0.3) is 10.1 Å². The van der Waals surface area contributed by atoms with Crippen LogP contribution in [0.25, 0.3) is 0 Å². The molecule has 0 atom stereocenters. The lowest BCUT2D eigenvalue weighted by Crippen LogP contribution is -2.10. The largest absolute Gasteiger partial charge is 0.352 e. The Kier molecular flexibility index (Phi) is 4.99. The van der Waals surface area contributed by atoms with Crippen LogP contribution in [0.3, 0.4) is 0 Å². The van der Waals surface area contributed by atoms with Gasteiger partial charge in [-0.05, 0) is 24.8 Å². The summed E-state index contributed by atoms with van der Waals surface area (Å²) in [4.78, 5) is 17.7. The molecule has 0 amide bonds. The Morgan fingerprint density at radius 3 is 2.50 bits per heavy atom. The molecule has 0 heterocycles. The summed E-state index contributed by atoms with van der Waals surface area (Å²) in [6, 6.07) is 4.89. The van der Waals surface area contributed by atoms with Gasteiger partial charge >= 0.3 is 7.60 Å². The lowest BCUT2D eigenvalue weighted by molar-refractivity contribution is 0.300. The Labute approximate surface area is 110 Å². The molecule has 0 aromatic heterocycles. The highest BCUT2D eigenvalue weighted by Gasteiger charge is 2.25. The van der Waals surface area contributed by atoms with E-state index in [1.54, 1.807) is 31.4 Å². The van der Waals surface area contributed by atoms with E-state index in [0.29, 0.717) is 10.5 Å². The van der Waals surface area contributed by atoms with E-state index in [1.807, 2.05) is 0 Å². The maximum atomic E-state index is 11.9. The van der Waals surface area contributed by atoms with Gasteiger partial charge in [-0.25, -0.2) is 0 Å². The van der Waals surface area contributed by atoms with Crippen LogP contribution in [0, 0.1) is 6.92 Å². The fourth-order valence-corrected chi connectivity index (χ4v) is 4.42. The quantitative estimate of drug-likeness (QED) is 0.483. The zero-order valence-electron chi connectivity index (χ0n) is 9.73. The molecule has 0 aliphatic heterocycles. The maximum absolute atomic E-state index is 11.9. The lowest BCUT2D eigenvalue weighted by Gasteiger charge is -2.12. The Balaban J connectivity index is 3.17. The fraction of sp³-hybridized carbons (Fsp3) is 0.333. The van der Waals surface area contributed by atoms with Crippen LogP contribution in [-0.2, 0) is 18.9 Å². The molecule has 9 heteroatoms. The lowest BCUT2D eigenvalue weighted by atomic mass is 10.2. The molecule has 0 aliphatic rings. The van der Waals surface area contributed by atoms with Gasteiger partial charge in [-0.15, -0.1) is 11.8 Å². The number of rotatable bonds is 5. The van der Waals surface area contributed by atoms with Crippen molar-refractivity contribution in [3.05, 3.63) is 23.8 Å². The highest BCUT2D eigenvalue weighted by atomic mass is 32.2. The summed E-state index contributed by atoms with van der Waals surface area (Å²) in [5.74, 6) is 0. The predicted molar refractivity (Wildman–Crippen MR) is 68.1 cm³/mol. The molecule has 2 N–H and O–H groups in total. The van der Waals surface area contributed by atoms with Gasteiger partial charge in [-0.1, -0.05) is 12.1 Å². The number of thioether (sulfide) groups is 1. The summed E-state index contributed by atoms with van der Waals surface area (Å²) in [6.45, 7) is 1.59. The standard InChI is InChI=1S/C9H13O6PS2/c1-7-4-3-5-8(17-2)9(7)18(13,14)15-6-16(10,11)12/h3-5H,6H2,1-2H3,(H2,10,11,12). The highest BCUT2D eigenvalue weighted by Crippen LogP contribution is 2.37. The molecule has 1 aromatic carbocycles. The van der Waals surface area contributed by atoms with Crippen molar-refractivity contribution in [2.45, 2.75) is 16.7 Å². The average molecular weight is 312 g/mol. The maximum Gasteiger partial charge on any atom is 0.352 e. The molecule has 0 fully saturated rings. The summed E-state index contributed by atoms with van der Waals surface area (Å²) in [5.41, 5.74) is 0.465. The number of aryl methyl sites for hydroxylation is 1. The van der Waals surface area contributed by atoms with E-state index < -0.39 is 24.1 Å². The number of benzene rings is 1. The minimum atomic E-state index is -4.53. The van der Waals surface area contributed by atoms with Crippen LogP contribution in [0.1, 0.15) is 5.56 Å². The Morgan fingerprint density at radius 2 is 2.00 bits per heavy atom. The molecule has 0 saturated carbocycles. The zero-order chi connectivity index (χ0) is 14.0. The first-order valence-corrected chi connectivity index (χ1v) is 9.18. The first-order valence-electron chi connectivity index (χ1n) is 4.75. The molecular formula is C9H13O6PS2. The third kappa shape index (κ3) is 4.08. The first-order chi connectivity index (χ1) is 8.17. The van der Waals surface area contributed by atoms with E-state index in [-0.39, 0.29) is 4.90 Å². The molecule has 0 spiro atoms. The van der Waals surface area contributed by atoms with Gasteiger partial charge in [0, 0.05) is 4.90 Å². The molecule has 18 heavy (non-hydrogen) atoms. The summed E-state index contributed by atoms with van der Waals surface area (Å²) in [5, 5.41) is 0. The SMILES string of the molecule is CSc1cccc(C)c1S(=O)(=O)OCP(=O)(O)O. The molecule has 0 unspecified atom stereocenters. The van der Waals surface area contributed by atoms with E-state index in [2.05, 4.69) is 4.18 Å². The van der Waals surface area contributed by atoms with Crippen LogP contribution < -0.4 is 0 Å². The van der Waals surface area contributed by atoms with Gasteiger partial charge in [-0.2, -0.15) is 8.42 Å². The Morgan fingerprint density at radius 1 is 1.39 bits per heavy atom. The van der Waals surface area contributed by atoms with Crippen LogP contribution in [-0.4, -0.2) is 30.8 Å². The second-order valence-corrected chi connectivity index (χ2v) is 7.46. The normalized spacial score (nSPS) is 12.7. The van der Waals surface area contributed by atoms with Gasteiger partial charge in [-0.3, -0.25) is 8.75 Å².